The number of hydrogen-bond acceptors (Lipinski definition) is 4. The van der Waals surface area contributed by atoms with Gasteiger partial charge in [-0.15, -0.1) is 0 Å². The maximum atomic E-state index is 5.42. The van der Waals surface area contributed by atoms with Crippen molar-refractivity contribution in [2.45, 2.75) is 51.2 Å². The molecule has 4 heteroatoms. The van der Waals surface area contributed by atoms with Crippen molar-refractivity contribution >= 4 is 0 Å². The van der Waals surface area contributed by atoms with Gasteiger partial charge >= 0.3 is 0 Å². The Labute approximate surface area is 127 Å². The molecular formula is C17H27N3O. The van der Waals surface area contributed by atoms with Crippen LogP contribution in [0.1, 0.15) is 38.7 Å². The summed E-state index contributed by atoms with van der Waals surface area (Å²) in [6.07, 6.45) is 5.74. The predicted octanol–water partition coefficient (Wildman–Crippen LogP) is 2.44. The molecule has 2 fully saturated rings. The fraction of sp³-hybridized carbons (Fsp3) is 0.706. The number of nitrogens with one attached hydrogen (secondary N) is 1. The van der Waals surface area contributed by atoms with Gasteiger partial charge in [-0.2, -0.15) is 0 Å². The minimum Gasteiger partial charge on any atom is -0.481 e. The zero-order chi connectivity index (χ0) is 14.9. The normalized spacial score (nSPS) is 30.3. The van der Waals surface area contributed by atoms with Crippen molar-refractivity contribution < 1.29 is 4.74 Å². The van der Waals surface area contributed by atoms with E-state index in [9.17, 15) is 0 Å². The molecule has 1 aliphatic carbocycles. The number of pyridine rings is 1. The SMILES string of the molecule is CCC1(C)CNC(C2CC2)CN1Cc1cccnc1OC. The van der Waals surface area contributed by atoms with Crippen LogP contribution in [0.15, 0.2) is 18.3 Å². The second-order valence-electron chi connectivity index (χ2n) is 6.73. The van der Waals surface area contributed by atoms with Crippen LogP contribution in [-0.4, -0.2) is 41.7 Å². The van der Waals surface area contributed by atoms with Crippen molar-refractivity contribution in [2.75, 3.05) is 20.2 Å². The summed E-state index contributed by atoms with van der Waals surface area (Å²) >= 11 is 0. The van der Waals surface area contributed by atoms with Crippen molar-refractivity contribution in [3.63, 3.8) is 0 Å². The van der Waals surface area contributed by atoms with Gasteiger partial charge in [0.1, 0.15) is 0 Å². The molecule has 2 atom stereocenters. The van der Waals surface area contributed by atoms with Gasteiger partial charge in [0, 0.05) is 43.0 Å². The smallest absolute Gasteiger partial charge is 0.217 e. The van der Waals surface area contributed by atoms with Crippen LogP contribution >= 0.6 is 0 Å². The van der Waals surface area contributed by atoms with Crippen LogP contribution in [0, 0.1) is 5.92 Å². The van der Waals surface area contributed by atoms with Gasteiger partial charge in [0.05, 0.1) is 7.11 Å². The van der Waals surface area contributed by atoms with Crippen LogP contribution in [0.4, 0.5) is 0 Å². The van der Waals surface area contributed by atoms with Crippen LogP contribution in [0.3, 0.4) is 0 Å². The molecule has 1 aromatic rings. The molecule has 0 radical (unpaired) electrons. The summed E-state index contributed by atoms with van der Waals surface area (Å²) in [5, 5.41) is 3.78. The third-order valence-corrected chi connectivity index (χ3v) is 5.28. The second-order valence-corrected chi connectivity index (χ2v) is 6.73. The highest BCUT2D eigenvalue weighted by Gasteiger charge is 2.41. The van der Waals surface area contributed by atoms with Crippen molar-refractivity contribution in [1.82, 2.24) is 15.2 Å². The van der Waals surface area contributed by atoms with Crippen molar-refractivity contribution in [3.8, 4) is 5.88 Å². The van der Waals surface area contributed by atoms with Crippen LogP contribution in [0.2, 0.25) is 0 Å². The van der Waals surface area contributed by atoms with E-state index in [-0.39, 0.29) is 5.54 Å². The summed E-state index contributed by atoms with van der Waals surface area (Å²) in [4.78, 5) is 6.97. The lowest BCUT2D eigenvalue weighted by Gasteiger charge is -2.48. The lowest BCUT2D eigenvalue weighted by molar-refractivity contribution is 0.0362. The molecule has 2 heterocycles. The monoisotopic (exact) mass is 289 g/mol. The van der Waals surface area contributed by atoms with Crippen LogP contribution < -0.4 is 10.1 Å². The summed E-state index contributed by atoms with van der Waals surface area (Å²) < 4.78 is 5.42. The number of ether oxygens (including phenoxy) is 1. The van der Waals surface area contributed by atoms with E-state index in [0.29, 0.717) is 6.04 Å². The number of methoxy groups -OCH3 is 1. The molecule has 1 saturated carbocycles. The van der Waals surface area contributed by atoms with Gasteiger partial charge in [0.25, 0.3) is 0 Å². The Morgan fingerprint density at radius 2 is 2.29 bits per heavy atom. The van der Waals surface area contributed by atoms with Crippen LogP contribution in [-0.2, 0) is 6.54 Å². The quantitative estimate of drug-likeness (QED) is 0.903. The van der Waals surface area contributed by atoms with E-state index < -0.39 is 0 Å². The van der Waals surface area contributed by atoms with E-state index in [4.69, 9.17) is 4.74 Å². The predicted molar refractivity (Wildman–Crippen MR) is 84.4 cm³/mol. The highest BCUT2D eigenvalue weighted by atomic mass is 16.5. The van der Waals surface area contributed by atoms with E-state index in [2.05, 4.69) is 35.1 Å². The van der Waals surface area contributed by atoms with Gasteiger partial charge in [-0.25, -0.2) is 4.98 Å². The van der Waals surface area contributed by atoms with Gasteiger partial charge < -0.3 is 10.1 Å². The lowest BCUT2D eigenvalue weighted by Crippen LogP contribution is -2.63. The Hall–Kier alpha value is -1.13. The highest BCUT2D eigenvalue weighted by molar-refractivity contribution is 5.25. The molecule has 0 amide bonds. The maximum absolute atomic E-state index is 5.42. The molecule has 1 aromatic heterocycles. The number of piperazine rings is 1. The number of rotatable bonds is 5. The maximum Gasteiger partial charge on any atom is 0.217 e. The Morgan fingerprint density at radius 3 is 2.95 bits per heavy atom. The highest BCUT2D eigenvalue weighted by Crippen LogP contribution is 2.37. The summed E-state index contributed by atoms with van der Waals surface area (Å²) in [6.45, 7) is 7.78. The molecular weight excluding hydrogens is 262 g/mol. The second kappa shape index (κ2) is 5.93. The zero-order valence-electron chi connectivity index (χ0n) is 13.4. The molecule has 21 heavy (non-hydrogen) atoms. The average molecular weight is 289 g/mol. The van der Waals surface area contributed by atoms with Gasteiger partial charge in [0.2, 0.25) is 5.88 Å². The van der Waals surface area contributed by atoms with E-state index in [1.54, 1.807) is 13.3 Å². The molecule has 0 spiro atoms. The first-order valence-corrected chi connectivity index (χ1v) is 8.12. The van der Waals surface area contributed by atoms with E-state index >= 15 is 0 Å². The molecule has 1 saturated heterocycles. The number of nitrogens with zero attached hydrogens (tertiary/aromatic N) is 2. The summed E-state index contributed by atoms with van der Waals surface area (Å²) in [6, 6.07) is 4.80. The van der Waals surface area contributed by atoms with Crippen molar-refractivity contribution in [3.05, 3.63) is 23.9 Å². The van der Waals surface area contributed by atoms with Crippen LogP contribution in [0.5, 0.6) is 5.88 Å². The summed E-state index contributed by atoms with van der Waals surface area (Å²) in [7, 11) is 1.70. The molecule has 0 aromatic carbocycles. The largest absolute Gasteiger partial charge is 0.481 e. The first-order chi connectivity index (χ1) is 10.2. The Bertz CT molecular complexity index is 489. The lowest BCUT2D eigenvalue weighted by atomic mass is 9.90. The van der Waals surface area contributed by atoms with E-state index in [1.165, 1.54) is 18.4 Å². The van der Waals surface area contributed by atoms with E-state index in [0.717, 1.165) is 37.9 Å². The summed E-state index contributed by atoms with van der Waals surface area (Å²) in [5.74, 6) is 1.65. The van der Waals surface area contributed by atoms with Gasteiger partial charge in [-0.1, -0.05) is 13.0 Å². The molecule has 3 rings (SSSR count). The fourth-order valence-corrected chi connectivity index (χ4v) is 3.34. The third-order valence-electron chi connectivity index (χ3n) is 5.28. The number of hydrogen-bond donors (Lipinski definition) is 1. The first kappa shape index (κ1) is 14.8. The number of aromatic nitrogens is 1. The standard InChI is InChI=1S/C17H27N3O/c1-4-17(2)12-19-15(13-7-8-13)11-20(17)10-14-6-5-9-18-16(14)21-3/h5-6,9,13,15,19H,4,7-8,10-12H2,1-3H3. The molecule has 116 valence electrons. The Balaban J connectivity index is 1.78. The Kier molecular flexibility index (Phi) is 4.18. The van der Waals surface area contributed by atoms with Gasteiger partial charge in [-0.3, -0.25) is 4.90 Å². The van der Waals surface area contributed by atoms with Crippen molar-refractivity contribution in [1.29, 1.82) is 0 Å². The summed E-state index contributed by atoms with van der Waals surface area (Å²) in [5.41, 5.74) is 1.41. The van der Waals surface area contributed by atoms with Crippen molar-refractivity contribution in [2.24, 2.45) is 5.92 Å². The minimum absolute atomic E-state index is 0.215. The molecule has 0 bridgehead atoms. The fourth-order valence-electron chi connectivity index (χ4n) is 3.34. The zero-order valence-corrected chi connectivity index (χ0v) is 13.4. The average Bonchev–Trinajstić information content (AvgIpc) is 3.35. The molecule has 2 unspecified atom stereocenters. The molecule has 1 aliphatic heterocycles. The molecule has 4 nitrogen and oxygen atoms in total. The Morgan fingerprint density at radius 1 is 1.48 bits per heavy atom. The van der Waals surface area contributed by atoms with Gasteiger partial charge in [-0.05, 0) is 38.2 Å². The van der Waals surface area contributed by atoms with Crippen LogP contribution in [0.25, 0.3) is 0 Å². The minimum atomic E-state index is 0.215. The van der Waals surface area contributed by atoms with E-state index in [1.807, 2.05) is 6.07 Å². The third kappa shape index (κ3) is 3.06. The topological polar surface area (TPSA) is 37.4 Å². The molecule has 2 aliphatic rings. The van der Waals surface area contributed by atoms with Gasteiger partial charge in [0.15, 0.2) is 0 Å². The first-order valence-electron chi connectivity index (χ1n) is 8.12. The molecule has 1 N–H and O–H groups in total.